The lowest BCUT2D eigenvalue weighted by atomic mass is 10.1. The molecule has 0 aliphatic carbocycles. The fraction of sp³-hybridized carbons (Fsp3) is 0.955. The predicted octanol–water partition coefficient (Wildman–Crippen LogP) is 12.2. The van der Waals surface area contributed by atoms with Crippen LogP contribution in [0.4, 0.5) is 0 Å². The minimum absolute atomic E-state index is 0.0295. The van der Waals surface area contributed by atoms with E-state index >= 15 is 0 Å². The van der Waals surface area contributed by atoms with E-state index < -0.39 is 0 Å². The first-order chi connectivity index (χ1) is 24.5. The molecule has 0 aromatic rings. The average molecular weight is 709 g/mol. The summed E-state index contributed by atoms with van der Waals surface area (Å²) in [6, 6.07) is 0. The third-order valence-electron chi connectivity index (χ3n) is 10.3. The van der Waals surface area contributed by atoms with Crippen LogP contribution in [0.25, 0.3) is 0 Å². The molecule has 0 heterocycles. The van der Waals surface area contributed by atoms with E-state index in [0.717, 1.165) is 103 Å². The van der Waals surface area contributed by atoms with E-state index in [1.165, 1.54) is 116 Å². The minimum atomic E-state index is -0.0295. The normalized spacial score (nSPS) is 12.1. The van der Waals surface area contributed by atoms with Gasteiger partial charge in [0, 0.05) is 32.5 Å². The zero-order valence-corrected chi connectivity index (χ0v) is 34.3. The van der Waals surface area contributed by atoms with Gasteiger partial charge >= 0.3 is 5.97 Å². The Morgan fingerprint density at radius 1 is 0.480 bits per heavy atom. The molecule has 0 saturated carbocycles. The molecule has 0 bridgehead atoms. The Morgan fingerprint density at radius 2 is 0.860 bits per heavy atom. The molecule has 0 aliphatic rings. The second kappa shape index (κ2) is 39.1. The highest BCUT2D eigenvalue weighted by Crippen LogP contribution is 2.15. The summed E-state index contributed by atoms with van der Waals surface area (Å²) in [5.41, 5.74) is 0. The molecule has 0 radical (unpaired) electrons. The number of nitrogens with zero attached hydrogens (tertiary/aromatic N) is 2. The van der Waals surface area contributed by atoms with Crippen molar-refractivity contribution in [2.24, 2.45) is 0 Å². The van der Waals surface area contributed by atoms with E-state index in [4.69, 9.17) is 4.74 Å². The number of carbonyl (C=O) groups excluding carboxylic acids is 2. The number of aliphatic hydroxyl groups excluding tert-OH is 1. The highest BCUT2D eigenvalue weighted by Gasteiger charge is 2.13. The average Bonchev–Trinajstić information content (AvgIpc) is 3.10. The highest BCUT2D eigenvalue weighted by atomic mass is 16.5. The molecule has 1 amide bonds. The van der Waals surface area contributed by atoms with Gasteiger partial charge in [0.1, 0.15) is 0 Å². The molecule has 0 fully saturated rings. The van der Waals surface area contributed by atoms with Crippen molar-refractivity contribution in [3.05, 3.63) is 0 Å². The van der Waals surface area contributed by atoms with E-state index in [1.807, 2.05) is 6.92 Å². The maximum Gasteiger partial charge on any atom is 0.306 e. The SMILES string of the molecule is CCCCCCCCC(C)OC(=O)CCCCCCCN(CCO)CCCCCCCC(=O)N(CCCCCCCC)CCCCCCCC. The Morgan fingerprint density at radius 3 is 1.32 bits per heavy atom. The van der Waals surface area contributed by atoms with Crippen LogP contribution in [0.5, 0.6) is 0 Å². The number of hydrogen-bond donors (Lipinski definition) is 1. The molecule has 1 atom stereocenters. The zero-order valence-electron chi connectivity index (χ0n) is 34.3. The Hall–Kier alpha value is -1.14. The molecule has 298 valence electrons. The second-order valence-corrected chi connectivity index (χ2v) is 15.4. The summed E-state index contributed by atoms with van der Waals surface area (Å²) in [6.07, 6.45) is 36.4. The lowest BCUT2D eigenvalue weighted by Crippen LogP contribution is -2.32. The van der Waals surface area contributed by atoms with Gasteiger partial charge in [0.15, 0.2) is 0 Å². The Kier molecular flexibility index (Phi) is 38.2. The van der Waals surface area contributed by atoms with E-state index in [0.29, 0.717) is 18.7 Å². The number of esters is 1. The summed E-state index contributed by atoms with van der Waals surface area (Å²) in [6.45, 7) is 13.8. The Bertz CT molecular complexity index is 702. The standard InChI is InChI=1S/C44H88N2O4/c1-5-8-11-14-19-26-33-42(4)50-44(49)35-28-21-18-23-30-37-45(40-41-47)36-29-22-17-20-27-34-43(48)46(38-31-24-15-12-9-6-2)39-32-25-16-13-10-7-3/h42,47H,5-41H2,1-4H3. The van der Waals surface area contributed by atoms with Gasteiger partial charge in [-0.25, -0.2) is 0 Å². The van der Waals surface area contributed by atoms with Crippen molar-refractivity contribution in [3.8, 4) is 0 Å². The van der Waals surface area contributed by atoms with Crippen molar-refractivity contribution >= 4 is 11.9 Å². The Balaban J connectivity index is 4.02. The van der Waals surface area contributed by atoms with Crippen LogP contribution in [0, 0.1) is 0 Å². The number of rotatable bonds is 40. The quantitative estimate of drug-likeness (QED) is 0.0507. The third kappa shape index (κ3) is 34.0. The first-order valence-corrected chi connectivity index (χ1v) is 22.3. The largest absolute Gasteiger partial charge is 0.463 e. The number of unbranched alkanes of at least 4 members (excludes halogenated alkanes) is 23. The minimum Gasteiger partial charge on any atom is -0.463 e. The fourth-order valence-corrected chi connectivity index (χ4v) is 6.99. The number of aliphatic hydroxyl groups is 1. The van der Waals surface area contributed by atoms with E-state index in [1.54, 1.807) is 0 Å². The van der Waals surface area contributed by atoms with Gasteiger partial charge in [0.25, 0.3) is 0 Å². The maximum atomic E-state index is 13.1. The van der Waals surface area contributed by atoms with Gasteiger partial charge in [-0.15, -0.1) is 0 Å². The zero-order chi connectivity index (χ0) is 36.8. The van der Waals surface area contributed by atoms with Gasteiger partial charge < -0.3 is 19.6 Å². The lowest BCUT2D eigenvalue weighted by Gasteiger charge is -2.23. The van der Waals surface area contributed by atoms with Crippen molar-refractivity contribution in [1.82, 2.24) is 9.80 Å². The summed E-state index contributed by atoms with van der Waals surface area (Å²) in [4.78, 5) is 29.9. The Labute approximate surface area is 312 Å². The number of ether oxygens (including phenoxy) is 1. The van der Waals surface area contributed by atoms with Crippen LogP contribution in [-0.4, -0.2) is 72.2 Å². The highest BCUT2D eigenvalue weighted by molar-refractivity contribution is 5.76. The molecule has 0 spiro atoms. The molecule has 1 unspecified atom stereocenters. The summed E-state index contributed by atoms with van der Waals surface area (Å²) >= 11 is 0. The van der Waals surface area contributed by atoms with E-state index in [9.17, 15) is 14.7 Å². The summed E-state index contributed by atoms with van der Waals surface area (Å²) in [5, 5.41) is 9.57. The smallest absolute Gasteiger partial charge is 0.306 e. The van der Waals surface area contributed by atoms with Gasteiger partial charge in [0.2, 0.25) is 5.91 Å². The van der Waals surface area contributed by atoms with Crippen LogP contribution in [0.1, 0.15) is 227 Å². The first-order valence-electron chi connectivity index (χ1n) is 22.3. The number of hydrogen-bond acceptors (Lipinski definition) is 5. The molecule has 0 saturated heterocycles. The molecule has 6 nitrogen and oxygen atoms in total. The van der Waals surface area contributed by atoms with Crippen LogP contribution >= 0.6 is 0 Å². The fourth-order valence-electron chi connectivity index (χ4n) is 6.99. The molecule has 1 N–H and O–H groups in total. The van der Waals surface area contributed by atoms with Gasteiger partial charge in [-0.1, -0.05) is 156 Å². The van der Waals surface area contributed by atoms with Gasteiger partial charge in [0.05, 0.1) is 12.7 Å². The molecule has 0 rings (SSSR count). The van der Waals surface area contributed by atoms with Crippen molar-refractivity contribution < 1.29 is 19.4 Å². The summed E-state index contributed by atoms with van der Waals surface area (Å²) in [5.74, 6) is 0.354. The van der Waals surface area contributed by atoms with Crippen LogP contribution in [-0.2, 0) is 14.3 Å². The molecule has 50 heavy (non-hydrogen) atoms. The monoisotopic (exact) mass is 709 g/mol. The van der Waals surface area contributed by atoms with Crippen molar-refractivity contribution in [3.63, 3.8) is 0 Å². The molecule has 6 heteroatoms. The van der Waals surface area contributed by atoms with Crippen LogP contribution in [0.2, 0.25) is 0 Å². The van der Waals surface area contributed by atoms with E-state index in [-0.39, 0.29) is 18.7 Å². The van der Waals surface area contributed by atoms with Crippen LogP contribution in [0.3, 0.4) is 0 Å². The summed E-state index contributed by atoms with van der Waals surface area (Å²) in [7, 11) is 0. The molecular weight excluding hydrogens is 620 g/mol. The topological polar surface area (TPSA) is 70.1 Å². The van der Waals surface area contributed by atoms with Crippen molar-refractivity contribution in [1.29, 1.82) is 0 Å². The maximum absolute atomic E-state index is 13.1. The first kappa shape index (κ1) is 48.9. The van der Waals surface area contributed by atoms with Gasteiger partial charge in [-0.2, -0.15) is 0 Å². The number of amides is 1. The van der Waals surface area contributed by atoms with Crippen LogP contribution < -0.4 is 0 Å². The van der Waals surface area contributed by atoms with Crippen molar-refractivity contribution in [2.75, 3.05) is 39.3 Å². The third-order valence-corrected chi connectivity index (χ3v) is 10.3. The predicted molar refractivity (Wildman–Crippen MR) is 216 cm³/mol. The number of carbonyl (C=O) groups is 2. The molecule has 0 aromatic carbocycles. The van der Waals surface area contributed by atoms with Crippen LogP contribution in [0.15, 0.2) is 0 Å². The molecule has 0 aliphatic heterocycles. The van der Waals surface area contributed by atoms with Gasteiger partial charge in [-0.3, -0.25) is 9.59 Å². The molecule has 0 aromatic heterocycles. The van der Waals surface area contributed by atoms with Gasteiger partial charge in [-0.05, 0) is 71.4 Å². The van der Waals surface area contributed by atoms with E-state index in [2.05, 4.69) is 30.6 Å². The lowest BCUT2D eigenvalue weighted by molar-refractivity contribution is -0.148. The summed E-state index contributed by atoms with van der Waals surface area (Å²) < 4.78 is 5.62. The second-order valence-electron chi connectivity index (χ2n) is 15.4. The molecular formula is C44H88N2O4. The van der Waals surface area contributed by atoms with Crippen molar-refractivity contribution in [2.45, 2.75) is 233 Å².